The SMILES string of the molecule is CC/C=C\C/C=C\C/C=C\C/C=C\C/C=C\C/C=C\CCCCCCCCC(=O)NC(COC1OC(CO)C(OC2OC(CO)C(O)C(O)C2O)C(O)C1O)C(O)/C=C/CC/C=C/CCCCCCCCCCCCCCCCCCC. The summed E-state index contributed by atoms with van der Waals surface area (Å²) in [5.74, 6) is -0.266. The van der Waals surface area contributed by atoms with Crippen LogP contribution in [0.4, 0.5) is 0 Å². The van der Waals surface area contributed by atoms with Crippen molar-refractivity contribution in [1.82, 2.24) is 5.32 Å². The van der Waals surface area contributed by atoms with Crippen LogP contribution in [0.1, 0.15) is 232 Å². The molecule has 0 bridgehead atoms. The molecule has 472 valence electrons. The summed E-state index contributed by atoms with van der Waals surface area (Å²) in [6.07, 6.45) is 55.9. The van der Waals surface area contributed by atoms with E-state index in [4.69, 9.17) is 18.9 Å². The highest BCUT2D eigenvalue weighted by Gasteiger charge is 2.51. The van der Waals surface area contributed by atoms with Crippen LogP contribution in [0.25, 0.3) is 0 Å². The predicted molar refractivity (Wildman–Crippen MR) is 332 cm³/mol. The van der Waals surface area contributed by atoms with Crippen LogP contribution in [-0.2, 0) is 23.7 Å². The van der Waals surface area contributed by atoms with Crippen LogP contribution in [-0.4, -0.2) is 140 Å². The lowest BCUT2D eigenvalue weighted by Crippen LogP contribution is -2.65. The molecule has 2 aliphatic rings. The molecule has 2 fully saturated rings. The average molecular weight is 1160 g/mol. The molecule has 2 heterocycles. The molecule has 12 atom stereocenters. The Morgan fingerprint density at radius 3 is 1.34 bits per heavy atom. The molecule has 0 aromatic carbocycles. The van der Waals surface area contributed by atoms with Crippen molar-refractivity contribution in [2.75, 3.05) is 19.8 Å². The van der Waals surface area contributed by atoms with Crippen LogP contribution in [0.5, 0.6) is 0 Å². The molecule has 1 amide bonds. The van der Waals surface area contributed by atoms with Crippen molar-refractivity contribution in [3.05, 3.63) is 97.2 Å². The first-order valence-corrected chi connectivity index (χ1v) is 32.5. The van der Waals surface area contributed by atoms with Gasteiger partial charge in [-0.3, -0.25) is 4.79 Å². The summed E-state index contributed by atoms with van der Waals surface area (Å²) in [5.41, 5.74) is 0. The van der Waals surface area contributed by atoms with Gasteiger partial charge < -0.3 is 65.1 Å². The first kappa shape index (κ1) is 75.0. The van der Waals surface area contributed by atoms with E-state index in [9.17, 15) is 45.6 Å². The van der Waals surface area contributed by atoms with Crippen LogP contribution in [0.3, 0.4) is 0 Å². The monoisotopic (exact) mass is 1160 g/mol. The van der Waals surface area contributed by atoms with Gasteiger partial charge in [0, 0.05) is 6.42 Å². The van der Waals surface area contributed by atoms with Gasteiger partial charge in [0.05, 0.1) is 32.0 Å². The molecule has 0 aromatic rings. The van der Waals surface area contributed by atoms with Crippen molar-refractivity contribution in [2.24, 2.45) is 0 Å². The highest BCUT2D eigenvalue weighted by atomic mass is 16.7. The van der Waals surface area contributed by atoms with Crippen LogP contribution in [0.2, 0.25) is 0 Å². The normalized spacial score (nSPS) is 24.6. The van der Waals surface area contributed by atoms with Gasteiger partial charge in [0.1, 0.15) is 48.8 Å². The minimum atomic E-state index is -1.80. The Morgan fingerprint density at radius 1 is 0.451 bits per heavy atom. The summed E-state index contributed by atoms with van der Waals surface area (Å²) in [5, 5.41) is 87.3. The van der Waals surface area contributed by atoms with E-state index >= 15 is 0 Å². The molecule has 0 spiro atoms. The number of carbonyl (C=O) groups is 1. The van der Waals surface area contributed by atoms with E-state index in [1.165, 1.54) is 109 Å². The summed E-state index contributed by atoms with van der Waals surface area (Å²) < 4.78 is 22.8. The largest absolute Gasteiger partial charge is 0.394 e. The van der Waals surface area contributed by atoms with E-state index in [1.807, 2.05) is 6.08 Å². The van der Waals surface area contributed by atoms with Crippen molar-refractivity contribution in [3.63, 3.8) is 0 Å². The zero-order valence-corrected chi connectivity index (χ0v) is 50.9. The van der Waals surface area contributed by atoms with E-state index in [1.54, 1.807) is 6.08 Å². The van der Waals surface area contributed by atoms with Crippen molar-refractivity contribution in [2.45, 2.75) is 306 Å². The zero-order chi connectivity index (χ0) is 59.5. The van der Waals surface area contributed by atoms with Crippen molar-refractivity contribution >= 4 is 5.91 Å². The predicted octanol–water partition coefficient (Wildman–Crippen LogP) is 12.2. The number of aliphatic hydroxyl groups excluding tert-OH is 8. The molecule has 14 heteroatoms. The lowest BCUT2D eigenvalue weighted by molar-refractivity contribution is -0.359. The maximum atomic E-state index is 13.3. The zero-order valence-electron chi connectivity index (χ0n) is 50.9. The van der Waals surface area contributed by atoms with Gasteiger partial charge >= 0.3 is 0 Å². The van der Waals surface area contributed by atoms with Crippen molar-refractivity contribution < 1.29 is 64.6 Å². The molecule has 14 nitrogen and oxygen atoms in total. The molecule has 2 saturated heterocycles. The fourth-order valence-electron chi connectivity index (χ4n) is 10.1. The topological polar surface area (TPSA) is 228 Å². The van der Waals surface area contributed by atoms with E-state index in [2.05, 4.69) is 104 Å². The van der Waals surface area contributed by atoms with E-state index in [0.717, 1.165) is 89.9 Å². The van der Waals surface area contributed by atoms with Crippen LogP contribution in [0, 0.1) is 0 Å². The Morgan fingerprint density at radius 2 is 0.854 bits per heavy atom. The number of unbranched alkanes of at least 4 members (excludes halogenated alkanes) is 24. The van der Waals surface area contributed by atoms with E-state index in [0.29, 0.717) is 12.8 Å². The van der Waals surface area contributed by atoms with Gasteiger partial charge in [0.15, 0.2) is 12.6 Å². The molecule has 2 rings (SSSR count). The third kappa shape index (κ3) is 36.7. The summed E-state index contributed by atoms with van der Waals surface area (Å²) in [7, 11) is 0. The first-order chi connectivity index (χ1) is 40.1. The van der Waals surface area contributed by atoms with Crippen LogP contribution < -0.4 is 5.32 Å². The van der Waals surface area contributed by atoms with Crippen molar-refractivity contribution in [3.8, 4) is 0 Å². The van der Waals surface area contributed by atoms with E-state index in [-0.39, 0.29) is 18.9 Å². The minimum Gasteiger partial charge on any atom is -0.394 e. The lowest BCUT2D eigenvalue weighted by atomic mass is 9.97. The Bertz CT molecular complexity index is 1740. The van der Waals surface area contributed by atoms with Crippen LogP contribution in [0.15, 0.2) is 97.2 Å². The highest BCUT2D eigenvalue weighted by molar-refractivity contribution is 5.76. The molecule has 9 N–H and O–H groups in total. The second-order valence-corrected chi connectivity index (χ2v) is 22.5. The number of aliphatic hydroxyl groups is 8. The van der Waals surface area contributed by atoms with Gasteiger partial charge in [-0.05, 0) is 83.5 Å². The van der Waals surface area contributed by atoms with E-state index < -0.39 is 86.8 Å². The second-order valence-electron chi connectivity index (χ2n) is 22.5. The number of hydrogen-bond acceptors (Lipinski definition) is 13. The Hall–Kier alpha value is -3.09. The number of rotatable bonds is 51. The fraction of sp³-hybridized carbons (Fsp3) is 0.750. The molecular weight excluding hydrogens is 1040 g/mol. The van der Waals surface area contributed by atoms with Gasteiger partial charge in [-0.15, -0.1) is 0 Å². The third-order valence-electron chi connectivity index (χ3n) is 15.3. The molecule has 0 saturated carbocycles. The van der Waals surface area contributed by atoms with Gasteiger partial charge in [-0.1, -0.05) is 239 Å². The van der Waals surface area contributed by atoms with Gasteiger partial charge in [-0.2, -0.15) is 0 Å². The number of ether oxygens (including phenoxy) is 4. The minimum absolute atomic E-state index is 0.251. The third-order valence-corrected chi connectivity index (χ3v) is 15.3. The number of nitrogens with one attached hydrogen (secondary N) is 1. The molecule has 2 aliphatic heterocycles. The molecule has 0 aliphatic carbocycles. The second kappa shape index (κ2) is 52.3. The van der Waals surface area contributed by atoms with Crippen LogP contribution >= 0.6 is 0 Å². The number of amides is 1. The quantitative estimate of drug-likeness (QED) is 0.0204. The average Bonchev–Trinajstić information content (AvgIpc) is 3.56. The lowest BCUT2D eigenvalue weighted by Gasteiger charge is -2.46. The van der Waals surface area contributed by atoms with Crippen molar-refractivity contribution in [1.29, 1.82) is 0 Å². The molecular formula is C68H117NO13. The molecule has 82 heavy (non-hydrogen) atoms. The summed E-state index contributed by atoms with van der Waals surface area (Å²) in [4.78, 5) is 13.3. The fourth-order valence-corrected chi connectivity index (χ4v) is 10.1. The van der Waals surface area contributed by atoms with Gasteiger partial charge in [-0.25, -0.2) is 0 Å². The number of allylic oxidation sites excluding steroid dienone is 15. The first-order valence-electron chi connectivity index (χ1n) is 32.5. The Balaban J connectivity index is 1.76. The number of hydrogen-bond donors (Lipinski definition) is 9. The summed E-state index contributed by atoms with van der Waals surface area (Å²) >= 11 is 0. The summed E-state index contributed by atoms with van der Waals surface area (Å²) in [6, 6.07) is -0.948. The van der Waals surface area contributed by atoms with Gasteiger partial charge in [0.25, 0.3) is 0 Å². The smallest absolute Gasteiger partial charge is 0.220 e. The maximum Gasteiger partial charge on any atom is 0.220 e. The number of carbonyl (C=O) groups excluding carboxylic acids is 1. The summed E-state index contributed by atoms with van der Waals surface area (Å²) in [6.45, 7) is 2.66. The van der Waals surface area contributed by atoms with Gasteiger partial charge in [0.2, 0.25) is 5.91 Å². The molecule has 12 unspecified atom stereocenters. The molecule has 0 radical (unpaired) electrons. The maximum absolute atomic E-state index is 13.3. The molecule has 0 aromatic heterocycles. The Labute approximate surface area is 496 Å². The highest BCUT2D eigenvalue weighted by Crippen LogP contribution is 2.30. The standard InChI is InChI=1S/C68H117NO13/c1-3-5-7-9-11-13-15-17-19-21-23-25-27-28-30-32-34-36-38-40-42-44-46-48-50-52-60(73)69-56(55-79-67-65(78)63(76)66(59(54-71)81-67)82-68-64(77)62(75)61(74)58(53-70)80-68)57(72)51-49-47-45-43-41-39-37-35-33-31-29-26-24-22-20-18-16-14-12-10-8-6-4-2/h5,7,11,13,17,19,23,25,28,30,34,36,41,43,49,51,56-59,61-68,70-72,74-78H,3-4,6,8-10,12,14-16,18,20-22,24,26-27,29,31-33,35,37-40,42,44-48,50,52-55H2,1-2H3,(H,69,73)/b7-5-,13-11-,19-17-,25-23-,30-28-,36-34-,43-41+,51-49+. The Kier molecular flexibility index (Phi) is 47.8.